The third-order valence-corrected chi connectivity index (χ3v) is 3.85. The minimum Gasteiger partial charge on any atom is -0.496 e. The number of amides is 1. The second-order valence-corrected chi connectivity index (χ2v) is 6.73. The van der Waals surface area contributed by atoms with E-state index in [4.69, 9.17) is 15.2 Å². The number of hydrogen-bond acceptors (Lipinski definition) is 4. The molecule has 0 spiro atoms. The molecule has 0 aromatic heterocycles. The molecule has 0 unspecified atom stereocenters. The van der Waals surface area contributed by atoms with E-state index in [0.29, 0.717) is 13.1 Å². The van der Waals surface area contributed by atoms with E-state index in [-0.39, 0.29) is 18.1 Å². The zero-order valence-electron chi connectivity index (χ0n) is 13.8. The molecule has 0 saturated carbocycles. The predicted octanol–water partition coefficient (Wildman–Crippen LogP) is 2.75. The van der Waals surface area contributed by atoms with Gasteiger partial charge in [0.15, 0.2) is 0 Å². The Bertz CT molecular complexity index is 525. The van der Waals surface area contributed by atoms with Crippen molar-refractivity contribution in [1.29, 1.82) is 0 Å². The van der Waals surface area contributed by atoms with Gasteiger partial charge in [0.25, 0.3) is 0 Å². The Labute approximate surface area is 132 Å². The van der Waals surface area contributed by atoms with Crippen LogP contribution in [0.2, 0.25) is 0 Å². The van der Waals surface area contributed by atoms with E-state index in [9.17, 15) is 4.79 Å². The van der Waals surface area contributed by atoms with Crippen LogP contribution in [0, 0.1) is 0 Å². The van der Waals surface area contributed by atoms with Crippen LogP contribution < -0.4 is 10.5 Å². The summed E-state index contributed by atoms with van der Waals surface area (Å²) >= 11 is 0. The Kier molecular flexibility index (Phi) is 4.96. The maximum atomic E-state index is 12.1. The molecular formula is C17H26N2O3. The van der Waals surface area contributed by atoms with Gasteiger partial charge in [-0.3, -0.25) is 0 Å². The van der Waals surface area contributed by atoms with Crippen LogP contribution in [0.3, 0.4) is 0 Å². The van der Waals surface area contributed by atoms with Gasteiger partial charge >= 0.3 is 6.09 Å². The highest BCUT2D eigenvalue weighted by atomic mass is 16.6. The van der Waals surface area contributed by atoms with Crippen LogP contribution in [-0.2, 0) is 4.74 Å². The highest BCUT2D eigenvalue weighted by Crippen LogP contribution is 2.33. The molecule has 1 aromatic carbocycles. The Morgan fingerprint density at radius 1 is 1.32 bits per heavy atom. The zero-order chi connectivity index (χ0) is 16.3. The van der Waals surface area contributed by atoms with Gasteiger partial charge in [-0.1, -0.05) is 18.2 Å². The Balaban J connectivity index is 2.05. The van der Waals surface area contributed by atoms with Gasteiger partial charge in [0, 0.05) is 25.0 Å². The first-order valence-corrected chi connectivity index (χ1v) is 7.68. The second kappa shape index (κ2) is 6.57. The van der Waals surface area contributed by atoms with Gasteiger partial charge in [-0.2, -0.15) is 0 Å². The van der Waals surface area contributed by atoms with Gasteiger partial charge in [-0.15, -0.1) is 0 Å². The number of piperidine rings is 1. The minimum absolute atomic E-state index is 0.127. The lowest BCUT2D eigenvalue weighted by Gasteiger charge is -2.37. The number of methoxy groups -OCH3 is 1. The number of ether oxygens (including phenoxy) is 2. The summed E-state index contributed by atoms with van der Waals surface area (Å²) in [4.78, 5) is 13.8. The van der Waals surface area contributed by atoms with Gasteiger partial charge in [0.2, 0.25) is 0 Å². The highest BCUT2D eigenvalue weighted by molar-refractivity contribution is 5.68. The van der Waals surface area contributed by atoms with Crippen molar-refractivity contribution in [3.05, 3.63) is 29.8 Å². The topological polar surface area (TPSA) is 64.8 Å². The fraction of sp³-hybridized carbons (Fsp3) is 0.588. The molecule has 0 radical (unpaired) electrons. The van der Waals surface area contributed by atoms with E-state index < -0.39 is 5.60 Å². The van der Waals surface area contributed by atoms with Crippen LogP contribution in [0.5, 0.6) is 5.75 Å². The summed E-state index contributed by atoms with van der Waals surface area (Å²) in [6.07, 6.45) is 0.516. The van der Waals surface area contributed by atoms with Crippen molar-refractivity contribution in [2.75, 3.05) is 20.2 Å². The molecular weight excluding hydrogens is 280 g/mol. The lowest BCUT2D eigenvalue weighted by molar-refractivity contribution is 0.0186. The Hall–Kier alpha value is -1.75. The maximum Gasteiger partial charge on any atom is 0.410 e. The van der Waals surface area contributed by atoms with Crippen molar-refractivity contribution in [1.82, 2.24) is 4.90 Å². The predicted molar refractivity (Wildman–Crippen MR) is 86.1 cm³/mol. The highest BCUT2D eigenvalue weighted by Gasteiger charge is 2.33. The van der Waals surface area contributed by atoms with Crippen LogP contribution in [-0.4, -0.2) is 42.8 Å². The lowest BCUT2D eigenvalue weighted by atomic mass is 9.85. The Morgan fingerprint density at radius 3 is 2.59 bits per heavy atom. The van der Waals surface area contributed by atoms with Gasteiger partial charge in [-0.05, 0) is 38.8 Å². The van der Waals surface area contributed by atoms with Crippen molar-refractivity contribution in [2.24, 2.45) is 5.73 Å². The number of benzene rings is 1. The van der Waals surface area contributed by atoms with E-state index >= 15 is 0 Å². The molecule has 1 aliphatic heterocycles. The molecule has 1 amide bonds. The lowest BCUT2D eigenvalue weighted by Crippen LogP contribution is -2.50. The molecule has 0 bridgehead atoms. The van der Waals surface area contributed by atoms with E-state index in [1.165, 1.54) is 0 Å². The summed E-state index contributed by atoms with van der Waals surface area (Å²) in [6, 6.07) is 7.81. The molecule has 0 aliphatic carbocycles. The minimum atomic E-state index is -0.485. The van der Waals surface area contributed by atoms with E-state index in [2.05, 4.69) is 0 Å². The summed E-state index contributed by atoms with van der Waals surface area (Å²) in [5, 5.41) is 0. The smallest absolute Gasteiger partial charge is 0.410 e. The largest absolute Gasteiger partial charge is 0.496 e. The molecule has 2 rings (SSSR count). The quantitative estimate of drug-likeness (QED) is 0.912. The summed E-state index contributed by atoms with van der Waals surface area (Å²) < 4.78 is 10.8. The molecule has 5 heteroatoms. The molecule has 122 valence electrons. The van der Waals surface area contributed by atoms with E-state index in [1.807, 2.05) is 45.0 Å². The number of nitrogens with two attached hydrogens (primary N) is 1. The van der Waals surface area contributed by atoms with Crippen molar-refractivity contribution in [2.45, 2.75) is 44.8 Å². The first-order valence-electron chi connectivity index (χ1n) is 7.68. The molecule has 2 N–H and O–H groups in total. The van der Waals surface area contributed by atoms with Gasteiger partial charge < -0.3 is 20.1 Å². The van der Waals surface area contributed by atoms with Gasteiger partial charge in [0.1, 0.15) is 11.4 Å². The molecule has 2 atom stereocenters. The van der Waals surface area contributed by atoms with E-state index in [0.717, 1.165) is 17.7 Å². The van der Waals surface area contributed by atoms with Crippen molar-refractivity contribution in [3.8, 4) is 5.75 Å². The monoisotopic (exact) mass is 306 g/mol. The molecule has 5 nitrogen and oxygen atoms in total. The first-order chi connectivity index (χ1) is 10.3. The zero-order valence-corrected chi connectivity index (χ0v) is 13.8. The fourth-order valence-corrected chi connectivity index (χ4v) is 2.83. The SMILES string of the molecule is COc1ccccc1[C@@H]1CCN(C(=O)OC(C)(C)C)C[C@H]1N. The number of likely N-dealkylation sites (tertiary alicyclic amines) is 1. The molecule has 1 aliphatic rings. The summed E-state index contributed by atoms with van der Waals surface area (Å²) in [5.74, 6) is 1.04. The normalized spacial score (nSPS) is 22.3. The number of carbonyl (C=O) groups is 1. The molecule has 1 heterocycles. The van der Waals surface area contributed by atoms with Crippen LogP contribution in [0.25, 0.3) is 0 Å². The van der Waals surface area contributed by atoms with Crippen LogP contribution >= 0.6 is 0 Å². The average Bonchev–Trinajstić information content (AvgIpc) is 2.45. The molecule has 22 heavy (non-hydrogen) atoms. The first kappa shape index (κ1) is 16.6. The molecule has 1 saturated heterocycles. The second-order valence-electron chi connectivity index (χ2n) is 6.73. The van der Waals surface area contributed by atoms with Crippen LogP contribution in [0.15, 0.2) is 24.3 Å². The number of rotatable bonds is 2. The summed E-state index contributed by atoms with van der Waals surface area (Å²) in [5.41, 5.74) is 6.95. The van der Waals surface area contributed by atoms with Crippen LogP contribution in [0.4, 0.5) is 4.79 Å². The number of carbonyl (C=O) groups excluding carboxylic acids is 1. The van der Waals surface area contributed by atoms with Gasteiger partial charge in [0.05, 0.1) is 7.11 Å². The third kappa shape index (κ3) is 3.91. The number of nitrogens with zero attached hydrogens (tertiary/aromatic N) is 1. The number of hydrogen-bond donors (Lipinski definition) is 1. The fourth-order valence-electron chi connectivity index (χ4n) is 2.83. The number of para-hydroxylation sites is 1. The average molecular weight is 306 g/mol. The van der Waals surface area contributed by atoms with Crippen molar-refractivity contribution in [3.63, 3.8) is 0 Å². The van der Waals surface area contributed by atoms with Gasteiger partial charge in [-0.25, -0.2) is 4.79 Å². The van der Waals surface area contributed by atoms with Crippen molar-refractivity contribution >= 4 is 6.09 Å². The van der Waals surface area contributed by atoms with E-state index in [1.54, 1.807) is 12.0 Å². The third-order valence-electron chi connectivity index (χ3n) is 3.85. The maximum absolute atomic E-state index is 12.1. The standard InChI is InChI=1S/C17H26N2O3/c1-17(2,3)22-16(20)19-10-9-12(14(18)11-19)13-7-5-6-8-15(13)21-4/h5-8,12,14H,9-11,18H2,1-4H3/t12-,14+/m0/s1. The molecule has 1 aromatic rings. The summed E-state index contributed by atoms with van der Waals surface area (Å²) in [6.45, 7) is 6.74. The van der Waals surface area contributed by atoms with Crippen molar-refractivity contribution < 1.29 is 14.3 Å². The Morgan fingerprint density at radius 2 is 2.00 bits per heavy atom. The molecule has 1 fully saturated rings. The summed E-state index contributed by atoms with van der Waals surface area (Å²) in [7, 11) is 1.67. The van der Waals surface area contributed by atoms with Crippen LogP contribution in [0.1, 0.15) is 38.7 Å².